The predicted molar refractivity (Wildman–Crippen MR) is 70.9 cm³/mol. The van der Waals surface area contributed by atoms with Gasteiger partial charge in [-0.15, -0.1) is 0 Å². The van der Waals surface area contributed by atoms with Crippen LogP contribution in [0, 0.1) is 6.92 Å². The van der Waals surface area contributed by atoms with E-state index in [-0.39, 0.29) is 10.5 Å². The molecule has 3 nitrogen and oxygen atoms in total. The highest BCUT2D eigenvalue weighted by Gasteiger charge is 2.28. The maximum absolute atomic E-state index is 13.4. The Labute approximate surface area is 113 Å². The lowest BCUT2D eigenvalue weighted by atomic mass is 10.1. The zero-order chi connectivity index (χ0) is 14.8. The van der Waals surface area contributed by atoms with E-state index in [1.54, 1.807) is 20.8 Å². The van der Waals surface area contributed by atoms with Crippen molar-refractivity contribution in [3.05, 3.63) is 29.3 Å². The normalized spacial score (nSPS) is 13.0. The first-order valence-electron chi connectivity index (χ1n) is 6.13. The molecule has 0 amide bonds. The van der Waals surface area contributed by atoms with Gasteiger partial charge >= 0.3 is 0 Å². The molecule has 0 atom stereocenters. The van der Waals surface area contributed by atoms with Crippen molar-refractivity contribution in [1.82, 2.24) is 4.31 Å². The van der Waals surface area contributed by atoms with Gasteiger partial charge in [-0.1, -0.05) is 19.9 Å². The lowest BCUT2D eigenvalue weighted by Gasteiger charge is -2.20. The number of rotatable bonds is 5. The molecule has 108 valence electrons. The fourth-order valence-electron chi connectivity index (χ4n) is 1.86. The molecule has 0 N–H and O–H groups in total. The van der Waals surface area contributed by atoms with Crippen LogP contribution >= 0.6 is 0 Å². The highest BCUT2D eigenvalue weighted by Crippen LogP contribution is 2.30. The zero-order valence-corrected chi connectivity index (χ0v) is 12.4. The average Bonchev–Trinajstić information content (AvgIpc) is 2.28. The van der Waals surface area contributed by atoms with E-state index in [1.807, 2.05) is 0 Å². The molecule has 0 saturated heterocycles. The van der Waals surface area contributed by atoms with E-state index < -0.39 is 15.9 Å². The van der Waals surface area contributed by atoms with E-state index in [1.165, 1.54) is 16.4 Å². The Hall–Kier alpha value is -1.01. The van der Waals surface area contributed by atoms with Gasteiger partial charge in [0.15, 0.2) is 0 Å². The van der Waals surface area contributed by atoms with E-state index >= 15 is 0 Å². The van der Waals surface area contributed by atoms with Gasteiger partial charge in [-0.2, -0.15) is 4.31 Å². The number of hydrogen-bond donors (Lipinski definition) is 0. The maximum atomic E-state index is 13.4. The van der Waals surface area contributed by atoms with Crippen molar-refractivity contribution in [1.29, 1.82) is 0 Å². The predicted octanol–water partition coefficient (Wildman–Crippen LogP) is 3.14. The summed E-state index contributed by atoms with van der Waals surface area (Å²) < 4.78 is 52.6. The number of halogens is 2. The molecule has 1 rings (SSSR count). The second kappa shape index (κ2) is 5.54. The Bertz CT molecular complexity index is 546. The number of hydrogen-bond acceptors (Lipinski definition) is 2. The number of aryl methyl sites for hydroxylation is 1. The molecule has 0 heterocycles. The van der Waals surface area contributed by atoms with Gasteiger partial charge in [0, 0.05) is 25.6 Å². The summed E-state index contributed by atoms with van der Waals surface area (Å²) in [6, 6.07) is 3.78. The van der Waals surface area contributed by atoms with Gasteiger partial charge in [-0.3, -0.25) is 0 Å². The largest absolute Gasteiger partial charge is 0.270 e. The smallest absolute Gasteiger partial charge is 0.207 e. The van der Waals surface area contributed by atoms with Gasteiger partial charge < -0.3 is 0 Å². The van der Waals surface area contributed by atoms with Gasteiger partial charge in [0.2, 0.25) is 10.0 Å². The van der Waals surface area contributed by atoms with Crippen LogP contribution in [0.15, 0.2) is 23.1 Å². The zero-order valence-electron chi connectivity index (χ0n) is 11.6. The highest BCUT2D eigenvalue weighted by molar-refractivity contribution is 7.89. The fourth-order valence-corrected chi connectivity index (χ4v) is 3.45. The first-order chi connectivity index (χ1) is 8.62. The van der Waals surface area contributed by atoms with Crippen molar-refractivity contribution in [3.63, 3.8) is 0 Å². The summed E-state index contributed by atoms with van der Waals surface area (Å²) in [6.07, 6.45) is 0. The quantitative estimate of drug-likeness (QED) is 0.836. The number of alkyl halides is 2. The molecular weight excluding hydrogens is 272 g/mol. The summed E-state index contributed by atoms with van der Waals surface area (Å²) in [5.41, 5.74) is 0.225. The van der Waals surface area contributed by atoms with Gasteiger partial charge in [-0.25, -0.2) is 17.2 Å². The minimum absolute atomic E-state index is 0.0762. The molecule has 1 aromatic carbocycles. The SMILES string of the molecule is CCN(CC)S(=O)(=O)c1cc(C)cc(C(C)(F)F)c1. The van der Waals surface area contributed by atoms with Crippen LogP contribution < -0.4 is 0 Å². The molecular formula is C13H19F2NO2S. The first kappa shape index (κ1) is 16.0. The summed E-state index contributed by atoms with van der Waals surface area (Å²) >= 11 is 0. The number of benzene rings is 1. The van der Waals surface area contributed by atoms with Crippen LogP contribution in [0.2, 0.25) is 0 Å². The molecule has 0 bridgehead atoms. The lowest BCUT2D eigenvalue weighted by Crippen LogP contribution is -2.30. The van der Waals surface area contributed by atoms with E-state index in [4.69, 9.17) is 0 Å². The molecule has 0 unspecified atom stereocenters. The van der Waals surface area contributed by atoms with Crippen molar-refractivity contribution in [2.75, 3.05) is 13.1 Å². The standard InChI is InChI=1S/C13H19F2NO2S/c1-5-16(6-2)19(17,18)12-8-10(3)7-11(9-12)13(4,14)15/h7-9H,5-6H2,1-4H3. The summed E-state index contributed by atoms with van der Waals surface area (Å²) in [6.45, 7) is 6.42. The molecule has 0 aliphatic rings. The van der Waals surface area contributed by atoms with Crippen molar-refractivity contribution in [3.8, 4) is 0 Å². The third kappa shape index (κ3) is 3.51. The Kier molecular flexibility index (Phi) is 4.68. The van der Waals surface area contributed by atoms with Crippen LogP contribution in [0.1, 0.15) is 31.9 Å². The van der Waals surface area contributed by atoms with E-state index in [2.05, 4.69) is 0 Å². The van der Waals surface area contributed by atoms with Crippen LogP contribution in [0.25, 0.3) is 0 Å². The first-order valence-corrected chi connectivity index (χ1v) is 7.57. The van der Waals surface area contributed by atoms with Crippen LogP contribution in [-0.2, 0) is 15.9 Å². The topological polar surface area (TPSA) is 37.4 Å². The Morgan fingerprint density at radius 1 is 1.16 bits per heavy atom. The molecule has 0 spiro atoms. The summed E-state index contributed by atoms with van der Waals surface area (Å²) in [7, 11) is -3.71. The summed E-state index contributed by atoms with van der Waals surface area (Å²) in [5, 5.41) is 0. The molecule has 0 saturated carbocycles. The molecule has 0 fully saturated rings. The molecule has 0 aromatic heterocycles. The molecule has 0 aliphatic carbocycles. The van der Waals surface area contributed by atoms with Gasteiger partial charge in [-0.05, 0) is 24.6 Å². The monoisotopic (exact) mass is 291 g/mol. The Morgan fingerprint density at radius 3 is 2.11 bits per heavy atom. The van der Waals surface area contributed by atoms with Crippen molar-refractivity contribution in [2.45, 2.75) is 38.5 Å². The lowest BCUT2D eigenvalue weighted by molar-refractivity contribution is 0.0172. The fraction of sp³-hybridized carbons (Fsp3) is 0.538. The van der Waals surface area contributed by atoms with Gasteiger partial charge in [0.25, 0.3) is 5.92 Å². The van der Waals surface area contributed by atoms with Crippen molar-refractivity contribution in [2.24, 2.45) is 0 Å². The maximum Gasteiger partial charge on any atom is 0.270 e. The second-order valence-electron chi connectivity index (χ2n) is 4.51. The van der Waals surface area contributed by atoms with Crippen LogP contribution in [0.4, 0.5) is 8.78 Å². The van der Waals surface area contributed by atoms with Crippen LogP contribution in [-0.4, -0.2) is 25.8 Å². The minimum atomic E-state index is -3.71. The van der Waals surface area contributed by atoms with Crippen molar-refractivity contribution < 1.29 is 17.2 Å². The summed E-state index contributed by atoms with van der Waals surface area (Å²) in [4.78, 5) is -0.0762. The van der Waals surface area contributed by atoms with Gasteiger partial charge in [0.05, 0.1) is 4.90 Å². The van der Waals surface area contributed by atoms with Gasteiger partial charge in [0.1, 0.15) is 0 Å². The Morgan fingerprint density at radius 2 is 1.68 bits per heavy atom. The number of sulfonamides is 1. The molecule has 1 aromatic rings. The van der Waals surface area contributed by atoms with E-state index in [0.717, 1.165) is 13.0 Å². The summed E-state index contributed by atoms with van der Waals surface area (Å²) in [5.74, 6) is -3.06. The average molecular weight is 291 g/mol. The third-order valence-electron chi connectivity index (χ3n) is 2.90. The third-order valence-corrected chi connectivity index (χ3v) is 4.93. The van der Waals surface area contributed by atoms with E-state index in [9.17, 15) is 17.2 Å². The Balaban J connectivity index is 3.40. The van der Waals surface area contributed by atoms with Crippen molar-refractivity contribution >= 4 is 10.0 Å². The number of nitrogens with zero attached hydrogens (tertiary/aromatic N) is 1. The molecule has 19 heavy (non-hydrogen) atoms. The van der Waals surface area contributed by atoms with Crippen LogP contribution in [0.5, 0.6) is 0 Å². The van der Waals surface area contributed by atoms with E-state index in [0.29, 0.717) is 18.7 Å². The van der Waals surface area contributed by atoms with Crippen LogP contribution in [0.3, 0.4) is 0 Å². The molecule has 0 radical (unpaired) electrons. The second-order valence-corrected chi connectivity index (χ2v) is 6.45. The highest BCUT2D eigenvalue weighted by atomic mass is 32.2. The minimum Gasteiger partial charge on any atom is -0.207 e. The molecule has 6 heteroatoms. The molecule has 0 aliphatic heterocycles.